The zero-order valence-electron chi connectivity index (χ0n) is 24.3. The molecule has 2 aliphatic rings. The molecule has 0 N–H and O–H groups in total. The van der Waals surface area contributed by atoms with E-state index >= 15 is 0 Å². The molecule has 0 aromatic heterocycles. The van der Waals surface area contributed by atoms with Crippen molar-refractivity contribution in [2.75, 3.05) is 0 Å². The van der Waals surface area contributed by atoms with Crippen LogP contribution in [0.1, 0.15) is 45.2 Å². The maximum atomic E-state index is 2.44. The molecule has 2 unspecified atom stereocenters. The molecule has 2 aliphatic carbocycles. The van der Waals surface area contributed by atoms with Crippen molar-refractivity contribution < 1.29 is 0 Å². The molecule has 0 amide bonds. The molecule has 7 aromatic carbocycles. The first kappa shape index (κ1) is 25.1. The number of fused-ring (bicyclic) bond motifs is 7. The summed E-state index contributed by atoms with van der Waals surface area (Å²) in [4.78, 5) is 0. The van der Waals surface area contributed by atoms with E-state index in [0.717, 1.165) is 0 Å². The molecule has 0 heteroatoms. The molecule has 0 heterocycles. The standard InChI is InChI=1S/C44H30/c1-4-14-29(15-5-1)32-26-33(30-16-6-2-7-17-30)28-34(27-32)42-36-21-11-10-20-35(36)39-24-25-40-41(31-18-8-3-9-19-31)37-22-12-13-23-38(37)43(40)44(39)42/h1-28,41-42H. The lowest BCUT2D eigenvalue weighted by Gasteiger charge is -2.21. The van der Waals surface area contributed by atoms with Crippen molar-refractivity contribution in [2.45, 2.75) is 11.8 Å². The van der Waals surface area contributed by atoms with E-state index < -0.39 is 0 Å². The fraction of sp³-hybridized carbons (Fsp3) is 0.0455. The van der Waals surface area contributed by atoms with E-state index in [9.17, 15) is 0 Å². The van der Waals surface area contributed by atoms with Gasteiger partial charge in [0.2, 0.25) is 0 Å². The van der Waals surface area contributed by atoms with Gasteiger partial charge in [0.05, 0.1) is 0 Å². The molecule has 0 aliphatic heterocycles. The molecule has 206 valence electrons. The minimum absolute atomic E-state index is 0.129. The summed E-state index contributed by atoms with van der Waals surface area (Å²) in [6, 6.07) is 62.8. The highest BCUT2D eigenvalue weighted by Gasteiger charge is 2.39. The van der Waals surface area contributed by atoms with Crippen LogP contribution in [0.15, 0.2) is 170 Å². The molecule has 0 radical (unpaired) electrons. The van der Waals surface area contributed by atoms with E-state index in [1.807, 2.05) is 0 Å². The van der Waals surface area contributed by atoms with Crippen molar-refractivity contribution in [3.63, 3.8) is 0 Å². The molecule has 0 saturated heterocycles. The molecule has 9 rings (SSSR count). The monoisotopic (exact) mass is 558 g/mol. The van der Waals surface area contributed by atoms with Gasteiger partial charge >= 0.3 is 0 Å². The molecule has 0 bridgehead atoms. The predicted molar refractivity (Wildman–Crippen MR) is 183 cm³/mol. The van der Waals surface area contributed by atoms with E-state index in [1.54, 1.807) is 0 Å². The van der Waals surface area contributed by atoms with E-state index in [1.165, 1.54) is 77.9 Å². The number of benzene rings is 7. The van der Waals surface area contributed by atoms with E-state index in [2.05, 4.69) is 170 Å². The van der Waals surface area contributed by atoms with Crippen LogP contribution in [0.2, 0.25) is 0 Å². The Morgan fingerprint density at radius 1 is 0.295 bits per heavy atom. The summed E-state index contributed by atoms with van der Waals surface area (Å²) in [7, 11) is 0. The van der Waals surface area contributed by atoms with Gasteiger partial charge in [0.15, 0.2) is 0 Å². The predicted octanol–water partition coefficient (Wildman–Crippen LogP) is 11.3. The second-order valence-electron chi connectivity index (χ2n) is 12.0. The summed E-state index contributed by atoms with van der Waals surface area (Å²) in [5.41, 5.74) is 18.8. The summed E-state index contributed by atoms with van der Waals surface area (Å²) in [5.74, 6) is 0.359. The molecule has 0 saturated carbocycles. The van der Waals surface area contributed by atoms with Crippen molar-refractivity contribution in [1.29, 1.82) is 0 Å². The molecule has 0 spiro atoms. The lowest BCUT2D eigenvalue weighted by molar-refractivity contribution is 0.996. The zero-order valence-corrected chi connectivity index (χ0v) is 24.3. The maximum absolute atomic E-state index is 2.44. The Labute approximate surface area is 258 Å². The molecular weight excluding hydrogens is 528 g/mol. The molecule has 0 nitrogen and oxygen atoms in total. The third-order valence-electron chi connectivity index (χ3n) is 9.62. The normalized spacial score (nSPS) is 15.7. The summed E-state index contributed by atoms with van der Waals surface area (Å²) in [5, 5.41) is 0. The van der Waals surface area contributed by atoms with Gasteiger partial charge in [-0.2, -0.15) is 0 Å². The Bertz CT molecular complexity index is 2100. The summed E-state index contributed by atoms with van der Waals surface area (Å²) < 4.78 is 0. The Morgan fingerprint density at radius 3 is 1.45 bits per heavy atom. The average molecular weight is 559 g/mol. The Hall–Kier alpha value is -5.46. The molecular formula is C44H30. The third-order valence-corrected chi connectivity index (χ3v) is 9.62. The average Bonchev–Trinajstić information content (AvgIpc) is 3.62. The molecule has 0 fully saturated rings. The van der Waals surface area contributed by atoms with Crippen LogP contribution >= 0.6 is 0 Å². The highest BCUT2D eigenvalue weighted by Crippen LogP contribution is 2.58. The second-order valence-corrected chi connectivity index (χ2v) is 12.0. The zero-order chi connectivity index (χ0) is 29.0. The summed E-state index contributed by atoms with van der Waals surface area (Å²) >= 11 is 0. The Balaban J connectivity index is 1.34. The summed E-state index contributed by atoms with van der Waals surface area (Å²) in [6.07, 6.45) is 0. The lowest BCUT2D eigenvalue weighted by atomic mass is 9.82. The van der Waals surface area contributed by atoms with Crippen molar-refractivity contribution >= 4 is 0 Å². The van der Waals surface area contributed by atoms with Crippen molar-refractivity contribution in [1.82, 2.24) is 0 Å². The van der Waals surface area contributed by atoms with Crippen molar-refractivity contribution in [3.8, 4) is 44.5 Å². The number of rotatable bonds is 4. The first-order chi connectivity index (χ1) is 21.8. The van der Waals surface area contributed by atoms with Crippen LogP contribution in [0.4, 0.5) is 0 Å². The van der Waals surface area contributed by atoms with Crippen LogP contribution in [0.5, 0.6) is 0 Å². The van der Waals surface area contributed by atoms with Crippen molar-refractivity contribution in [2.24, 2.45) is 0 Å². The van der Waals surface area contributed by atoms with E-state index in [0.29, 0.717) is 0 Å². The second kappa shape index (κ2) is 10.1. The van der Waals surface area contributed by atoms with Gasteiger partial charge in [-0.25, -0.2) is 0 Å². The number of hydrogen-bond donors (Lipinski definition) is 0. The first-order valence-corrected chi connectivity index (χ1v) is 15.5. The number of hydrogen-bond acceptors (Lipinski definition) is 0. The van der Waals surface area contributed by atoms with Gasteiger partial charge in [0.1, 0.15) is 0 Å². The topological polar surface area (TPSA) is 0 Å². The van der Waals surface area contributed by atoms with E-state index in [-0.39, 0.29) is 11.8 Å². The Kier molecular flexibility index (Phi) is 5.74. The highest BCUT2D eigenvalue weighted by atomic mass is 14.4. The van der Waals surface area contributed by atoms with Crippen LogP contribution in [0.3, 0.4) is 0 Å². The minimum Gasteiger partial charge on any atom is -0.0622 e. The van der Waals surface area contributed by atoms with Gasteiger partial charge in [-0.1, -0.05) is 164 Å². The van der Waals surface area contributed by atoms with Gasteiger partial charge < -0.3 is 0 Å². The molecule has 2 atom stereocenters. The molecule has 7 aromatic rings. The van der Waals surface area contributed by atoms with Gasteiger partial charge in [-0.15, -0.1) is 0 Å². The fourth-order valence-electron chi connectivity index (χ4n) is 7.77. The van der Waals surface area contributed by atoms with Crippen molar-refractivity contribution in [3.05, 3.63) is 203 Å². The van der Waals surface area contributed by atoms with E-state index in [4.69, 9.17) is 0 Å². The Morgan fingerprint density at radius 2 is 0.818 bits per heavy atom. The SMILES string of the molecule is c1ccc(-c2cc(-c3ccccc3)cc(C3c4ccccc4-c4ccc5c(c43)-c3ccccc3C5c3ccccc3)c2)cc1. The summed E-state index contributed by atoms with van der Waals surface area (Å²) in [6.45, 7) is 0. The van der Waals surface area contributed by atoms with Crippen LogP contribution in [0.25, 0.3) is 44.5 Å². The maximum Gasteiger partial charge on any atom is 0.0358 e. The fourth-order valence-corrected chi connectivity index (χ4v) is 7.77. The first-order valence-electron chi connectivity index (χ1n) is 15.5. The van der Waals surface area contributed by atoms with Crippen LogP contribution in [-0.4, -0.2) is 0 Å². The van der Waals surface area contributed by atoms with Crippen LogP contribution < -0.4 is 0 Å². The van der Waals surface area contributed by atoms with Crippen LogP contribution in [-0.2, 0) is 0 Å². The highest BCUT2D eigenvalue weighted by molar-refractivity contribution is 5.94. The van der Waals surface area contributed by atoms with Gasteiger partial charge in [-0.3, -0.25) is 0 Å². The lowest BCUT2D eigenvalue weighted by Crippen LogP contribution is -2.03. The van der Waals surface area contributed by atoms with Gasteiger partial charge in [0, 0.05) is 11.8 Å². The quantitative estimate of drug-likeness (QED) is 0.201. The van der Waals surface area contributed by atoms with Gasteiger partial charge in [-0.05, 0) is 84.0 Å². The molecule has 44 heavy (non-hydrogen) atoms. The minimum atomic E-state index is 0.129. The smallest absolute Gasteiger partial charge is 0.0358 e. The van der Waals surface area contributed by atoms with Gasteiger partial charge in [0.25, 0.3) is 0 Å². The largest absolute Gasteiger partial charge is 0.0622 e. The third kappa shape index (κ3) is 3.85. The van der Waals surface area contributed by atoms with Crippen LogP contribution in [0, 0.1) is 0 Å².